The normalized spacial score (nSPS) is 24.1. The van der Waals surface area contributed by atoms with Crippen LogP contribution in [0.25, 0.3) is 0 Å². The van der Waals surface area contributed by atoms with Gasteiger partial charge in [0.25, 0.3) is 0 Å². The zero-order valence-corrected chi connectivity index (χ0v) is 12.9. The molecule has 1 aromatic carbocycles. The second kappa shape index (κ2) is 6.92. The molecule has 0 N–H and O–H groups in total. The highest BCUT2D eigenvalue weighted by Crippen LogP contribution is 2.40. The van der Waals surface area contributed by atoms with Crippen molar-refractivity contribution in [3.8, 4) is 5.75 Å². The van der Waals surface area contributed by atoms with Crippen molar-refractivity contribution in [2.75, 3.05) is 7.11 Å². The van der Waals surface area contributed by atoms with Crippen LogP contribution in [0.1, 0.15) is 68.9 Å². The molecule has 0 bridgehead atoms. The summed E-state index contributed by atoms with van der Waals surface area (Å²) < 4.78 is 5.55. The number of methoxy groups -OCH3 is 1. The number of hydrogen-bond acceptors (Lipinski definition) is 2. The Kier molecular flexibility index (Phi) is 5.22. The lowest BCUT2D eigenvalue weighted by atomic mass is 9.78. The van der Waals surface area contributed by atoms with Crippen LogP contribution in [0.5, 0.6) is 5.75 Å². The van der Waals surface area contributed by atoms with E-state index in [4.69, 9.17) is 4.74 Å². The van der Waals surface area contributed by atoms with E-state index >= 15 is 0 Å². The second-order valence-electron chi connectivity index (χ2n) is 6.26. The van der Waals surface area contributed by atoms with Gasteiger partial charge in [-0.05, 0) is 47.8 Å². The van der Waals surface area contributed by atoms with Gasteiger partial charge in [0.2, 0.25) is 0 Å². The molecule has 0 heterocycles. The lowest BCUT2D eigenvalue weighted by Crippen LogP contribution is -2.12. The zero-order valence-electron chi connectivity index (χ0n) is 12.9. The molecule has 0 saturated heterocycles. The molecule has 2 nitrogen and oxygen atoms in total. The number of aldehydes is 1. The molecule has 20 heavy (non-hydrogen) atoms. The average Bonchev–Trinajstić information content (AvgIpc) is 2.47. The second-order valence-corrected chi connectivity index (χ2v) is 6.26. The van der Waals surface area contributed by atoms with E-state index in [1.807, 2.05) is 0 Å². The molecule has 0 spiro atoms. The molecule has 2 heteroatoms. The van der Waals surface area contributed by atoms with Gasteiger partial charge in [-0.1, -0.05) is 38.8 Å². The van der Waals surface area contributed by atoms with E-state index in [0.29, 0.717) is 18.3 Å². The molecule has 1 aromatic rings. The van der Waals surface area contributed by atoms with Crippen molar-refractivity contribution in [3.63, 3.8) is 0 Å². The first-order valence-electron chi connectivity index (χ1n) is 7.77. The molecule has 1 atom stereocenters. The van der Waals surface area contributed by atoms with Gasteiger partial charge in [0.05, 0.1) is 7.11 Å². The van der Waals surface area contributed by atoms with Crippen LogP contribution in [0.4, 0.5) is 0 Å². The minimum Gasteiger partial charge on any atom is -0.496 e. The summed E-state index contributed by atoms with van der Waals surface area (Å²) in [7, 11) is 1.75. The quantitative estimate of drug-likeness (QED) is 0.729. The van der Waals surface area contributed by atoms with E-state index in [9.17, 15) is 4.79 Å². The third-order valence-corrected chi connectivity index (χ3v) is 4.73. The average molecular weight is 274 g/mol. The summed E-state index contributed by atoms with van der Waals surface area (Å²) in [5, 5.41) is 0. The van der Waals surface area contributed by atoms with Gasteiger partial charge in [0.15, 0.2) is 0 Å². The fourth-order valence-corrected chi connectivity index (χ4v) is 3.23. The predicted octanol–water partition coefficient (Wildman–Crippen LogP) is 4.68. The summed E-state index contributed by atoms with van der Waals surface area (Å²) >= 11 is 0. The van der Waals surface area contributed by atoms with Crippen LogP contribution in [-0.2, 0) is 4.79 Å². The van der Waals surface area contributed by atoms with Crippen molar-refractivity contribution in [1.29, 1.82) is 0 Å². The maximum Gasteiger partial charge on any atom is 0.122 e. The van der Waals surface area contributed by atoms with Crippen LogP contribution in [0.3, 0.4) is 0 Å². The SMILES string of the molecule is COc1ccc(C(C)CC=O)cc1C1CCC(C)CC1. The van der Waals surface area contributed by atoms with Crippen molar-refractivity contribution in [2.24, 2.45) is 5.92 Å². The van der Waals surface area contributed by atoms with Crippen molar-refractivity contribution in [3.05, 3.63) is 29.3 Å². The summed E-state index contributed by atoms with van der Waals surface area (Å²) in [6.07, 6.45) is 6.72. The molecule has 1 aliphatic rings. The highest BCUT2D eigenvalue weighted by Gasteiger charge is 2.23. The molecule has 1 fully saturated rings. The molecule has 0 radical (unpaired) electrons. The fourth-order valence-electron chi connectivity index (χ4n) is 3.23. The number of carbonyl (C=O) groups is 1. The van der Waals surface area contributed by atoms with E-state index in [2.05, 4.69) is 32.0 Å². The summed E-state index contributed by atoms with van der Waals surface area (Å²) in [5.74, 6) is 2.77. The summed E-state index contributed by atoms with van der Waals surface area (Å²) in [6.45, 7) is 4.46. The summed E-state index contributed by atoms with van der Waals surface area (Å²) in [5.41, 5.74) is 2.60. The lowest BCUT2D eigenvalue weighted by molar-refractivity contribution is -0.108. The van der Waals surface area contributed by atoms with E-state index in [1.54, 1.807) is 7.11 Å². The van der Waals surface area contributed by atoms with Crippen molar-refractivity contribution in [2.45, 2.75) is 57.8 Å². The third kappa shape index (κ3) is 3.41. The molecular weight excluding hydrogens is 248 g/mol. The Morgan fingerprint density at radius 1 is 1.30 bits per heavy atom. The minimum atomic E-state index is 0.291. The van der Waals surface area contributed by atoms with Crippen LogP contribution in [0.2, 0.25) is 0 Å². The maximum absolute atomic E-state index is 10.7. The molecular formula is C18H26O2. The summed E-state index contributed by atoms with van der Waals surface area (Å²) in [6, 6.07) is 6.44. The van der Waals surface area contributed by atoms with E-state index in [1.165, 1.54) is 36.8 Å². The van der Waals surface area contributed by atoms with Gasteiger partial charge in [-0.2, -0.15) is 0 Å². The van der Waals surface area contributed by atoms with E-state index in [0.717, 1.165) is 18.0 Å². The number of carbonyl (C=O) groups excluding carboxylic acids is 1. The van der Waals surface area contributed by atoms with Gasteiger partial charge >= 0.3 is 0 Å². The van der Waals surface area contributed by atoms with E-state index < -0.39 is 0 Å². The zero-order chi connectivity index (χ0) is 14.5. The number of benzene rings is 1. The van der Waals surface area contributed by atoms with Crippen LogP contribution in [-0.4, -0.2) is 13.4 Å². The Labute approximate surface area is 122 Å². The Morgan fingerprint density at radius 3 is 2.60 bits per heavy atom. The minimum absolute atomic E-state index is 0.291. The molecule has 1 saturated carbocycles. The van der Waals surface area contributed by atoms with Crippen molar-refractivity contribution in [1.82, 2.24) is 0 Å². The van der Waals surface area contributed by atoms with Gasteiger partial charge in [-0.25, -0.2) is 0 Å². The van der Waals surface area contributed by atoms with Crippen LogP contribution < -0.4 is 4.74 Å². The van der Waals surface area contributed by atoms with Crippen LogP contribution >= 0.6 is 0 Å². The van der Waals surface area contributed by atoms with E-state index in [-0.39, 0.29) is 0 Å². The van der Waals surface area contributed by atoms with Gasteiger partial charge in [0.1, 0.15) is 12.0 Å². The first-order chi connectivity index (χ1) is 9.65. The molecule has 0 aromatic heterocycles. The Morgan fingerprint density at radius 2 is 2.00 bits per heavy atom. The van der Waals surface area contributed by atoms with Gasteiger partial charge in [0, 0.05) is 6.42 Å². The van der Waals surface area contributed by atoms with Gasteiger partial charge < -0.3 is 9.53 Å². The first kappa shape index (κ1) is 15.1. The fraction of sp³-hybridized carbons (Fsp3) is 0.611. The number of rotatable bonds is 5. The number of ether oxygens (including phenoxy) is 1. The monoisotopic (exact) mass is 274 g/mol. The Hall–Kier alpha value is -1.31. The highest BCUT2D eigenvalue weighted by atomic mass is 16.5. The predicted molar refractivity (Wildman–Crippen MR) is 82.5 cm³/mol. The Bertz CT molecular complexity index is 445. The smallest absolute Gasteiger partial charge is 0.122 e. The van der Waals surface area contributed by atoms with Crippen LogP contribution in [0, 0.1) is 5.92 Å². The largest absolute Gasteiger partial charge is 0.496 e. The van der Waals surface area contributed by atoms with Gasteiger partial charge in [-0.3, -0.25) is 0 Å². The molecule has 0 aliphatic heterocycles. The van der Waals surface area contributed by atoms with Crippen molar-refractivity contribution < 1.29 is 9.53 Å². The van der Waals surface area contributed by atoms with Crippen LogP contribution in [0.15, 0.2) is 18.2 Å². The Balaban J connectivity index is 2.24. The van der Waals surface area contributed by atoms with Gasteiger partial charge in [-0.15, -0.1) is 0 Å². The topological polar surface area (TPSA) is 26.3 Å². The molecule has 2 rings (SSSR count). The molecule has 1 unspecified atom stereocenters. The summed E-state index contributed by atoms with van der Waals surface area (Å²) in [4.78, 5) is 10.7. The van der Waals surface area contributed by atoms with Crippen molar-refractivity contribution >= 4 is 6.29 Å². The molecule has 1 aliphatic carbocycles. The maximum atomic E-state index is 10.7. The highest BCUT2D eigenvalue weighted by molar-refractivity contribution is 5.52. The standard InChI is InChI=1S/C18H26O2/c1-13-4-6-15(7-5-13)17-12-16(14(2)10-11-19)8-9-18(17)20-3/h8-9,11-15H,4-7,10H2,1-3H3. The third-order valence-electron chi connectivity index (χ3n) is 4.73. The molecule has 0 amide bonds. The molecule has 110 valence electrons. The lowest BCUT2D eigenvalue weighted by Gasteiger charge is -2.28. The first-order valence-corrected chi connectivity index (χ1v) is 7.77. The number of hydrogen-bond donors (Lipinski definition) is 0.